The first kappa shape index (κ1) is 12.5. The zero-order chi connectivity index (χ0) is 12.6. The molecule has 1 fully saturated rings. The highest BCUT2D eigenvalue weighted by Crippen LogP contribution is 2.35. The van der Waals surface area contributed by atoms with Gasteiger partial charge in [0.2, 0.25) is 0 Å². The molecule has 1 aromatic rings. The molecule has 0 aliphatic heterocycles. The molecule has 1 aliphatic carbocycles. The predicted molar refractivity (Wildman–Crippen MR) is 58.8 cm³/mol. The molecule has 1 aliphatic rings. The van der Waals surface area contributed by atoms with Crippen LogP contribution >= 0.6 is 0 Å². The third kappa shape index (κ3) is 2.33. The van der Waals surface area contributed by atoms with Gasteiger partial charge in [-0.3, -0.25) is 4.68 Å². The zero-order valence-corrected chi connectivity index (χ0v) is 10.1. The second-order valence-corrected chi connectivity index (χ2v) is 4.79. The van der Waals surface area contributed by atoms with E-state index < -0.39 is 11.9 Å². The van der Waals surface area contributed by atoms with Gasteiger partial charge in [-0.05, 0) is 26.7 Å². The molecule has 0 amide bonds. The molecule has 1 saturated carbocycles. The standard InChI is InChI=1S/C12H17F3N2/c1-8-9(2)17(10-6-4-3-5-7-10)16-11(8)12(13,14)15/h10H,3-7H2,1-2H3. The van der Waals surface area contributed by atoms with Crippen LogP contribution in [0.15, 0.2) is 0 Å². The van der Waals surface area contributed by atoms with E-state index in [1.54, 1.807) is 11.6 Å². The Balaban J connectivity index is 2.35. The van der Waals surface area contributed by atoms with Crippen LogP contribution in [-0.4, -0.2) is 9.78 Å². The minimum absolute atomic E-state index is 0.151. The highest BCUT2D eigenvalue weighted by atomic mass is 19.4. The Kier molecular flexibility index (Phi) is 3.19. The molecule has 0 unspecified atom stereocenters. The van der Waals surface area contributed by atoms with Gasteiger partial charge < -0.3 is 0 Å². The summed E-state index contributed by atoms with van der Waals surface area (Å²) in [6.07, 6.45) is 0.907. The van der Waals surface area contributed by atoms with Crippen LogP contribution < -0.4 is 0 Å². The van der Waals surface area contributed by atoms with Gasteiger partial charge in [0.25, 0.3) is 0 Å². The third-order valence-corrected chi connectivity index (χ3v) is 3.64. The number of halogens is 3. The first-order valence-corrected chi connectivity index (χ1v) is 6.04. The molecular formula is C12H17F3N2. The first-order valence-electron chi connectivity index (χ1n) is 6.04. The quantitative estimate of drug-likeness (QED) is 0.731. The van der Waals surface area contributed by atoms with Gasteiger partial charge in [0, 0.05) is 11.3 Å². The Hall–Kier alpha value is -1.00. The van der Waals surface area contributed by atoms with Gasteiger partial charge in [0.15, 0.2) is 5.69 Å². The summed E-state index contributed by atoms with van der Waals surface area (Å²) in [5.41, 5.74) is 0.202. The smallest absolute Gasteiger partial charge is 0.266 e. The Morgan fingerprint density at radius 2 is 1.71 bits per heavy atom. The largest absolute Gasteiger partial charge is 0.435 e. The van der Waals surface area contributed by atoms with Gasteiger partial charge in [-0.1, -0.05) is 19.3 Å². The maximum absolute atomic E-state index is 12.7. The SMILES string of the molecule is Cc1c(C(F)(F)F)nn(C2CCCCC2)c1C. The van der Waals surface area contributed by atoms with E-state index in [-0.39, 0.29) is 11.6 Å². The fourth-order valence-corrected chi connectivity index (χ4v) is 2.55. The molecule has 0 atom stereocenters. The molecular weight excluding hydrogens is 229 g/mol. The van der Waals surface area contributed by atoms with Crippen molar-refractivity contribution in [2.75, 3.05) is 0 Å². The minimum atomic E-state index is -4.34. The number of aromatic nitrogens is 2. The van der Waals surface area contributed by atoms with Gasteiger partial charge in [0.05, 0.1) is 6.04 Å². The molecule has 0 bridgehead atoms. The number of nitrogens with zero attached hydrogens (tertiary/aromatic N) is 2. The molecule has 0 saturated heterocycles. The molecule has 1 heterocycles. The van der Waals surface area contributed by atoms with Crippen LogP contribution in [0.2, 0.25) is 0 Å². The van der Waals surface area contributed by atoms with Crippen molar-refractivity contribution in [3.05, 3.63) is 17.0 Å². The molecule has 5 heteroatoms. The van der Waals surface area contributed by atoms with Gasteiger partial charge in [-0.25, -0.2) is 0 Å². The summed E-state index contributed by atoms with van der Waals surface area (Å²) in [5, 5.41) is 3.80. The Bertz CT molecular complexity index is 401. The van der Waals surface area contributed by atoms with Crippen molar-refractivity contribution in [2.45, 2.75) is 58.2 Å². The van der Waals surface area contributed by atoms with E-state index in [4.69, 9.17) is 0 Å². The van der Waals surface area contributed by atoms with Crippen LogP contribution in [0.5, 0.6) is 0 Å². The lowest BCUT2D eigenvalue weighted by molar-refractivity contribution is -0.142. The molecule has 2 nitrogen and oxygen atoms in total. The van der Waals surface area contributed by atoms with Crippen molar-refractivity contribution in [2.24, 2.45) is 0 Å². The first-order chi connectivity index (χ1) is 7.91. The van der Waals surface area contributed by atoms with E-state index in [2.05, 4.69) is 5.10 Å². The average Bonchev–Trinajstić information content (AvgIpc) is 2.57. The maximum atomic E-state index is 12.7. The highest BCUT2D eigenvalue weighted by molar-refractivity contribution is 5.26. The van der Waals surface area contributed by atoms with Crippen LogP contribution in [-0.2, 0) is 6.18 Å². The van der Waals surface area contributed by atoms with E-state index in [0.29, 0.717) is 5.69 Å². The van der Waals surface area contributed by atoms with Gasteiger partial charge >= 0.3 is 6.18 Å². The third-order valence-electron chi connectivity index (χ3n) is 3.64. The van der Waals surface area contributed by atoms with E-state index in [1.807, 2.05) is 0 Å². The van der Waals surface area contributed by atoms with E-state index in [1.165, 1.54) is 13.3 Å². The van der Waals surface area contributed by atoms with E-state index >= 15 is 0 Å². The summed E-state index contributed by atoms with van der Waals surface area (Å²) in [4.78, 5) is 0. The summed E-state index contributed by atoms with van der Waals surface area (Å²) in [5.74, 6) is 0. The number of rotatable bonds is 1. The number of alkyl halides is 3. The topological polar surface area (TPSA) is 17.8 Å². The maximum Gasteiger partial charge on any atom is 0.435 e. The normalized spacial score (nSPS) is 18.6. The van der Waals surface area contributed by atoms with Crippen LogP contribution in [0.1, 0.15) is 55.1 Å². The van der Waals surface area contributed by atoms with Gasteiger partial charge in [0.1, 0.15) is 0 Å². The predicted octanol–water partition coefficient (Wildman–Crippen LogP) is 4.02. The summed E-state index contributed by atoms with van der Waals surface area (Å²) >= 11 is 0. The van der Waals surface area contributed by atoms with E-state index in [0.717, 1.165) is 25.7 Å². The summed E-state index contributed by atoms with van der Waals surface area (Å²) in [6, 6.07) is 0.151. The summed E-state index contributed by atoms with van der Waals surface area (Å²) in [6.45, 7) is 3.23. The van der Waals surface area contributed by atoms with Crippen molar-refractivity contribution >= 4 is 0 Å². The van der Waals surface area contributed by atoms with Crippen molar-refractivity contribution in [1.82, 2.24) is 9.78 Å². The van der Waals surface area contributed by atoms with Gasteiger partial charge in [-0.2, -0.15) is 18.3 Å². The molecule has 0 N–H and O–H groups in total. The molecule has 1 aromatic heterocycles. The van der Waals surface area contributed by atoms with Crippen LogP contribution in [0.4, 0.5) is 13.2 Å². The highest BCUT2D eigenvalue weighted by Gasteiger charge is 2.37. The molecule has 96 valence electrons. The zero-order valence-electron chi connectivity index (χ0n) is 10.1. The monoisotopic (exact) mass is 246 g/mol. The second-order valence-electron chi connectivity index (χ2n) is 4.79. The molecule has 2 rings (SSSR count). The lowest BCUT2D eigenvalue weighted by Crippen LogP contribution is -2.16. The lowest BCUT2D eigenvalue weighted by atomic mass is 9.95. The van der Waals surface area contributed by atoms with Crippen molar-refractivity contribution in [3.8, 4) is 0 Å². The number of hydrogen-bond donors (Lipinski definition) is 0. The minimum Gasteiger partial charge on any atom is -0.266 e. The van der Waals surface area contributed by atoms with Crippen molar-refractivity contribution in [3.63, 3.8) is 0 Å². The van der Waals surface area contributed by atoms with Crippen LogP contribution in [0, 0.1) is 13.8 Å². The number of hydrogen-bond acceptors (Lipinski definition) is 1. The molecule has 0 spiro atoms. The summed E-state index contributed by atoms with van der Waals surface area (Å²) in [7, 11) is 0. The lowest BCUT2D eigenvalue weighted by Gasteiger charge is -2.23. The van der Waals surface area contributed by atoms with E-state index in [9.17, 15) is 13.2 Å². The van der Waals surface area contributed by atoms with Gasteiger partial charge in [-0.15, -0.1) is 0 Å². The Labute approximate surface area is 98.8 Å². The van der Waals surface area contributed by atoms with Crippen LogP contribution in [0.3, 0.4) is 0 Å². The second kappa shape index (κ2) is 4.35. The molecule has 17 heavy (non-hydrogen) atoms. The Morgan fingerprint density at radius 3 is 2.18 bits per heavy atom. The van der Waals surface area contributed by atoms with Crippen molar-refractivity contribution < 1.29 is 13.2 Å². The summed E-state index contributed by atoms with van der Waals surface area (Å²) < 4.78 is 39.8. The fraction of sp³-hybridized carbons (Fsp3) is 0.750. The van der Waals surface area contributed by atoms with Crippen LogP contribution in [0.25, 0.3) is 0 Å². The van der Waals surface area contributed by atoms with Crippen molar-refractivity contribution in [1.29, 1.82) is 0 Å². The fourth-order valence-electron chi connectivity index (χ4n) is 2.55. The Morgan fingerprint density at radius 1 is 1.12 bits per heavy atom. The molecule has 0 aromatic carbocycles. The average molecular weight is 246 g/mol. The molecule has 0 radical (unpaired) electrons.